The van der Waals surface area contributed by atoms with E-state index >= 15 is 0 Å². The number of aromatic nitrogens is 1. The average Bonchev–Trinajstić information content (AvgIpc) is 3.15. The molecule has 2 atom stereocenters. The van der Waals surface area contributed by atoms with E-state index in [0.717, 1.165) is 43.5 Å². The maximum absolute atomic E-state index is 8.73. The lowest BCUT2D eigenvalue weighted by Gasteiger charge is -2.20. The maximum atomic E-state index is 8.73. The first-order valence-electron chi connectivity index (χ1n) is 9.74. The molecule has 1 aliphatic heterocycles. The Balaban J connectivity index is 1.68. The lowest BCUT2D eigenvalue weighted by atomic mass is 10.1. The Hall–Kier alpha value is -1.57. The molecular formula is C21H32N2O2. The Bertz CT molecular complexity index is 544. The fraction of sp³-hybridized carbons (Fsp3) is 0.667. The van der Waals surface area contributed by atoms with E-state index < -0.39 is 0 Å². The van der Waals surface area contributed by atoms with Crippen molar-refractivity contribution in [1.82, 2.24) is 10.3 Å². The standard InChI is InChI=1S/C21H32N2O2/c1-18(21-12-10-13-23-21)25-20-15-19(16-22-17-20)11-8-6-4-2-3-5-7-9-14-24/h15-18,21,23-24H,2-7,9-10,12-14H2,1H3. The Kier molecular flexibility index (Phi) is 9.40. The minimum absolute atomic E-state index is 0.151. The summed E-state index contributed by atoms with van der Waals surface area (Å²) in [4.78, 5) is 4.25. The molecule has 25 heavy (non-hydrogen) atoms. The van der Waals surface area contributed by atoms with Crippen LogP contribution < -0.4 is 10.1 Å². The van der Waals surface area contributed by atoms with Gasteiger partial charge < -0.3 is 15.2 Å². The molecule has 138 valence electrons. The van der Waals surface area contributed by atoms with E-state index in [-0.39, 0.29) is 6.10 Å². The largest absolute Gasteiger partial charge is 0.487 e. The third-order valence-electron chi connectivity index (χ3n) is 4.64. The SMILES string of the molecule is CC(Oc1cncc(C#CCCCCCCCCO)c1)C1CCCN1. The van der Waals surface area contributed by atoms with Crippen LogP contribution in [0.15, 0.2) is 18.5 Å². The first kappa shape index (κ1) is 19.8. The highest BCUT2D eigenvalue weighted by Crippen LogP contribution is 2.17. The molecule has 0 aliphatic carbocycles. The molecule has 1 saturated heterocycles. The van der Waals surface area contributed by atoms with Crippen LogP contribution in [-0.2, 0) is 0 Å². The Morgan fingerprint density at radius 2 is 2.04 bits per heavy atom. The number of aliphatic hydroxyl groups excluding tert-OH is 1. The van der Waals surface area contributed by atoms with Crippen LogP contribution in [-0.4, -0.2) is 35.4 Å². The number of rotatable bonds is 10. The molecule has 0 amide bonds. The average molecular weight is 344 g/mol. The number of pyridine rings is 1. The van der Waals surface area contributed by atoms with Gasteiger partial charge in [-0.3, -0.25) is 4.98 Å². The van der Waals surface area contributed by atoms with Crippen molar-refractivity contribution >= 4 is 0 Å². The van der Waals surface area contributed by atoms with E-state index in [0.29, 0.717) is 12.6 Å². The summed E-state index contributed by atoms with van der Waals surface area (Å²) in [5.74, 6) is 7.24. The number of aliphatic hydroxyl groups is 1. The number of nitrogens with one attached hydrogen (secondary N) is 1. The molecule has 1 fully saturated rings. The van der Waals surface area contributed by atoms with E-state index in [1.807, 2.05) is 6.07 Å². The highest BCUT2D eigenvalue weighted by Gasteiger charge is 2.22. The van der Waals surface area contributed by atoms with Gasteiger partial charge in [-0.25, -0.2) is 0 Å². The van der Waals surface area contributed by atoms with Crippen molar-refractivity contribution in [3.05, 3.63) is 24.0 Å². The Morgan fingerprint density at radius 3 is 2.80 bits per heavy atom. The summed E-state index contributed by atoms with van der Waals surface area (Å²) in [6, 6.07) is 2.42. The van der Waals surface area contributed by atoms with Gasteiger partial charge in [-0.2, -0.15) is 0 Å². The zero-order valence-electron chi connectivity index (χ0n) is 15.5. The maximum Gasteiger partial charge on any atom is 0.139 e. The predicted octanol–water partition coefficient (Wildman–Crippen LogP) is 3.68. The summed E-state index contributed by atoms with van der Waals surface area (Å²) < 4.78 is 6.02. The third-order valence-corrected chi connectivity index (χ3v) is 4.64. The van der Waals surface area contributed by atoms with Crippen LogP contribution >= 0.6 is 0 Å². The van der Waals surface area contributed by atoms with Gasteiger partial charge in [-0.05, 0) is 45.2 Å². The molecule has 0 spiro atoms. The number of ether oxygens (including phenoxy) is 1. The smallest absolute Gasteiger partial charge is 0.139 e. The second-order valence-electron chi connectivity index (χ2n) is 6.83. The quantitative estimate of drug-likeness (QED) is 0.502. The van der Waals surface area contributed by atoms with Crippen LogP contribution in [0.5, 0.6) is 5.75 Å². The first-order chi connectivity index (χ1) is 12.3. The van der Waals surface area contributed by atoms with Crippen LogP contribution in [0.2, 0.25) is 0 Å². The number of hydrogen-bond donors (Lipinski definition) is 2. The zero-order valence-corrected chi connectivity index (χ0v) is 15.5. The summed E-state index contributed by atoms with van der Waals surface area (Å²) in [6.07, 6.45) is 13.9. The van der Waals surface area contributed by atoms with Gasteiger partial charge in [0.2, 0.25) is 0 Å². The van der Waals surface area contributed by atoms with Crippen molar-refractivity contribution in [3.8, 4) is 17.6 Å². The molecule has 2 N–H and O–H groups in total. The van der Waals surface area contributed by atoms with Crippen molar-refractivity contribution in [3.63, 3.8) is 0 Å². The monoisotopic (exact) mass is 344 g/mol. The molecule has 1 aromatic heterocycles. The summed E-state index contributed by atoms with van der Waals surface area (Å²) in [6.45, 7) is 3.52. The lowest BCUT2D eigenvalue weighted by Crippen LogP contribution is -2.36. The van der Waals surface area contributed by atoms with Crippen molar-refractivity contribution < 1.29 is 9.84 Å². The van der Waals surface area contributed by atoms with E-state index in [1.165, 1.54) is 32.1 Å². The van der Waals surface area contributed by atoms with Gasteiger partial charge in [0.05, 0.1) is 6.20 Å². The second kappa shape index (κ2) is 11.9. The van der Waals surface area contributed by atoms with Gasteiger partial charge in [0.25, 0.3) is 0 Å². The van der Waals surface area contributed by atoms with Crippen molar-refractivity contribution in [1.29, 1.82) is 0 Å². The van der Waals surface area contributed by atoms with Gasteiger partial charge in [0.15, 0.2) is 0 Å². The van der Waals surface area contributed by atoms with Gasteiger partial charge in [-0.1, -0.05) is 37.5 Å². The molecule has 0 bridgehead atoms. The number of unbranched alkanes of at least 4 members (excludes halogenated alkanes) is 6. The van der Waals surface area contributed by atoms with E-state index in [2.05, 4.69) is 29.1 Å². The molecule has 4 heteroatoms. The minimum atomic E-state index is 0.151. The summed E-state index contributed by atoms with van der Waals surface area (Å²) in [5.41, 5.74) is 0.923. The van der Waals surface area contributed by atoms with Gasteiger partial charge >= 0.3 is 0 Å². The minimum Gasteiger partial charge on any atom is -0.487 e. The molecule has 0 radical (unpaired) electrons. The molecule has 2 heterocycles. The topological polar surface area (TPSA) is 54.4 Å². The van der Waals surface area contributed by atoms with Crippen LogP contribution in [0.3, 0.4) is 0 Å². The van der Waals surface area contributed by atoms with Crippen LogP contribution in [0.4, 0.5) is 0 Å². The molecule has 0 saturated carbocycles. The lowest BCUT2D eigenvalue weighted by molar-refractivity contribution is 0.179. The first-order valence-corrected chi connectivity index (χ1v) is 9.74. The van der Waals surface area contributed by atoms with E-state index in [4.69, 9.17) is 9.84 Å². The highest BCUT2D eigenvalue weighted by molar-refractivity contribution is 5.36. The van der Waals surface area contributed by atoms with E-state index in [9.17, 15) is 0 Å². The fourth-order valence-corrected chi connectivity index (χ4v) is 3.16. The number of hydrogen-bond acceptors (Lipinski definition) is 4. The normalized spacial score (nSPS) is 17.8. The third kappa shape index (κ3) is 7.90. The summed E-state index contributed by atoms with van der Waals surface area (Å²) in [5, 5.41) is 12.2. The van der Waals surface area contributed by atoms with Gasteiger partial charge in [0, 0.05) is 30.8 Å². The number of nitrogens with zero attached hydrogens (tertiary/aromatic N) is 1. The Morgan fingerprint density at radius 1 is 1.24 bits per heavy atom. The predicted molar refractivity (Wildman–Crippen MR) is 102 cm³/mol. The van der Waals surface area contributed by atoms with Crippen molar-refractivity contribution in [2.75, 3.05) is 13.2 Å². The summed E-state index contributed by atoms with van der Waals surface area (Å²) in [7, 11) is 0. The zero-order chi connectivity index (χ0) is 17.7. The summed E-state index contributed by atoms with van der Waals surface area (Å²) >= 11 is 0. The Labute approximate surface area is 152 Å². The van der Waals surface area contributed by atoms with Gasteiger partial charge in [-0.15, -0.1) is 0 Å². The highest BCUT2D eigenvalue weighted by atomic mass is 16.5. The second-order valence-corrected chi connectivity index (χ2v) is 6.83. The molecule has 1 aromatic rings. The molecule has 0 aromatic carbocycles. The van der Waals surface area contributed by atoms with Crippen LogP contribution in [0, 0.1) is 11.8 Å². The van der Waals surface area contributed by atoms with Crippen molar-refractivity contribution in [2.24, 2.45) is 0 Å². The molecular weight excluding hydrogens is 312 g/mol. The molecule has 4 nitrogen and oxygen atoms in total. The molecule has 1 aliphatic rings. The fourth-order valence-electron chi connectivity index (χ4n) is 3.16. The van der Waals surface area contributed by atoms with Gasteiger partial charge in [0.1, 0.15) is 11.9 Å². The molecule has 2 unspecified atom stereocenters. The van der Waals surface area contributed by atoms with E-state index in [1.54, 1.807) is 12.4 Å². The van der Waals surface area contributed by atoms with Crippen LogP contribution in [0.25, 0.3) is 0 Å². The molecule has 2 rings (SSSR count). The van der Waals surface area contributed by atoms with Crippen molar-refractivity contribution in [2.45, 2.75) is 76.9 Å². The van der Waals surface area contributed by atoms with Crippen LogP contribution in [0.1, 0.15) is 70.3 Å².